The van der Waals surface area contributed by atoms with E-state index in [0.29, 0.717) is 19.0 Å². The summed E-state index contributed by atoms with van der Waals surface area (Å²) in [4.78, 5) is 18.3. The Bertz CT molecular complexity index is 347. The van der Waals surface area contributed by atoms with Crippen LogP contribution in [0.5, 0.6) is 0 Å². The van der Waals surface area contributed by atoms with Crippen molar-refractivity contribution in [3.63, 3.8) is 0 Å². The van der Waals surface area contributed by atoms with Gasteiger partial charge in [0.05, 0.1) is 6.54 Å². The summed E-state index contributed by atoms with van der Waals surface area (Å²) in [5.41, 5.74) is -0.461. The number of carbonyl (C=O) groups is 1. The second kappa shape index (κ2) is 5.16. The Hall–Kier alpha value is -1.26. The van der Waals surface area contributed by atoms with Gasteiger partial charge in [0.2, 0.25) is 5.90 Å². The summed E-state index contributed by atoms with van der Waals surface area (Å²) in [7, 11) is 0. The summed E-state index contributed by atoms with van der Waals surface area (Å²) in [5, 5.41) is 0. The number of ether oxygens (including phenoxy) is 2. The summed E-state index contributed by atoms with van der Waals surface area (Å²) >= 11 is 0. The monoisotopic (exact) mass is 254 g/mol. The van der Waals surface area contributed by atoms with Gasteiger partial charge in [0.25, 0.3) is 0 Å². The van der Waals surface area contributed by atoms with Crippen LogP contribution in [-0.2, 0) is 9.47 Å². The molecular formula is C13H22N2O3. The van der Waals surface area contributed by atoms with E-state index < -0.39 is 5.60 Å². The number of rotatable bonds is 1. The normalized spacial score (nSPS) is 24.5. The van der Waals surface area contributed by atoms with Crippen molar-refractivity contribution in [2.24, 2.45) is 4.99 Å². The van der Waals surface area contributed by atoms with E-state index in [4.69, 9.17) is 9.47 Å². The number of piperidine rings is 1. The molecule has 0 aromatic rings. The molecule has 1 fully saturated rings. The lowest BCUT2D eigenvalue weighted by Gasteiger charge is -2.36. The third-order valence-corrected chi connectivity index (χ3v) is 3.02. The predicted octanol–water partition coefficient (Wildman–Crippen LogP) is 2.20. The van der Waals surface area contributed by atoms with Crippen LogP contribution in [0, 0.1) is 0 Å². The lowest BCUT2D eigenvalue weighted by molar-refractivity contribution is 0.0148. The summed E-state index contributed by atoms with van der Waals surface area (Å²) in [6.45, 7) is 7.71. The molecule has 1 unspecified atom stereocenters. The van der Waals surface area contributed by atoms with Crippen molar-refractivity contribution in [2.75, 3.05) is 19.7 Å². The van der Waals surface area contributed by atoms with Crippen LogP contribution in [0.25, 0.3) is 0 Å². The van der Waals surface area contributed by atoms with Gasteiger partial charge in [0, 0.05) is 6.54 Å². The number of carbonyl (C=O) groups excluding carboxylic acids is 1. The minimum Gasteiger partial charge on any atom is -0.478 e. The van der Waals surface area contributed by atoms with E-state index in [9.17, 15) is 4.79 Å². The van der Waals surface area contributed by atoms with Gasteiger partial charge in [-0.3, -0.25) is 9.89 Å². The summed E-state index contributed by atoms with van der Waals surface area (Å²) < 4.78 is 10.9. The van der Waals surface area contributed by atoms with Crippen molar-refractivity contribution in [1.29, 1.82) is 0 Å². The zero-order valence-electron chi connectivity index (χ0n) is 11.4. The highest BCUT2D eigenvalue weighted by molar-refractivity contribution is 5.86. The molecule has 0 bridgehead atoms. The fraction of sp³-hybridized carbons (Fsp3) is 0.846. The molecule has 0 aromatic carbocycles. The molecule has 102 valence electrons. The SMILES string of the molecule is CC(C)(C)OC(=O)N1CCCCC1C1=NCCO1. The number of hydrogen-bond donors (Lipinski definition) is 0. The smallest absolute Gasteiger partial charge is 0.410 e. The molecule has 1 atom stereocenters. The average Bonchev–Trinajstić information content (AvgIpc) is 2.80. The van der Waals surface area contributed by atoms with Gasteiger partial charge in [0.15, 0.2) is 0 Å². The molecule has 0 N–H and O–H groups in total. The van der Waals surface area contributed by atoms with Crippen molar-refractivity contribution in [3.05, 3.63) is 0 Å². The van der Waals surface area contributed by atoms with Gasteiger partial charge in [-0.15, -0.1) is 0 Å². The third-order valence-electron chi connectivity index (χ3n) is 3.02. The van der Waals surface area contributed by atoms with Gasteiger partial charge in [-0.25, -0.2) is 4.79 Å². The number of likely N-dealkylation sites (tertiary alicyclic amines) is 1. The first-order valence-corrected chi connectivity index (χ1v) is 6.64. The molecule has 2 heterocycles. The summed E-state index contributed by atoms with van der Waals surface area (Å²) in [5.74, 6) is 0.709. The highest BCUT2D eigenvalue weighted by Gasteiger charge is 2.35. The second-order valence-corrected chi connectivity index (χ2v) is 5.75. The van der Waals surface area contributed by atoms with Crippen molar-refractivity contribution >= 4 is 12.0 Å². The van der Waals surface area contributed by atoms with Crippen LogP contribution in [0.4, 0.5) is 4.79 Å². The van der Waals surface area contributed by atoms with Gasteiger partial charge in [0.1, 0.15) is 18.2 Å². The number of hydrogen-bond acceptors (Lipinski definition) is 4. The van der Waals surface area contributed by atoms with E-state index in [1.165, 1.54) is 0 Å². The van der Waals surface area contributed by atoms with Crippen LogP contribution in [0.15, 0.2) is 4.99 Å². The van der Waals surface area contributed by atoms with Gasteiger partial charge in [-0.2, -0.15) is 0 Å². The maximum atomic E-state index is 12.2. The van der Waals surface area contributed by atoms with E-state index in [1.54, 1.807) is 4.90 Å². The molecule has 1 saturated heterocycles. The van der Waals surface area contributed by atoms with Gasteiger partial charge in [-0.1, -0.05) is 0 Å². The average molecular weight is 254 g/mol. The molecule has 5 heteroatoms. The molecular weight excluding hydrogens is 232 g/mol. The molecule has 0 saturated carbocycles. The van der Waals surface area contributed by atoms with Crippen LogP contribution < -0.4 is 0 Å². The van der Waals surface area contributed by atoms with Crippen LogP contribution >= 0.6 is 0 Å². The van der Waals surface area contributed by atoms with Crippen LogP contribution in [-0.4, -0.2) is 48.2 Å². The molecule has 0 spiro atoms. The largest absolute Gasteiger partial charge is 0.478 e. The highest BCUT2D eigenvalue weighted by atomic mass is 16.6. The lowest BCUT2D eigenvalue weighted by Crippen LogP contribution is -2.49. The fourth-order valence-corrected chi connectivity index (χ4v) is 2.28. The summed E-state index contributed by atoms with van der Waals surface area (Å²) in [6, 6.07) is -0.0314. The first kappa shape index (κ1) is 13.2. The Morgan fingerprint density at radius 1 is 1.44 bits per heavy atom. The number of aliphatic imine (C=N–C) groups is 1. The van der Waals surface area contributed by atoms with Gasteiger partial charge >= 0.3 is 6.09 Å². The van der Waals surface area contributed by atoms with E-state index in [1.807, 2.05) is 20.8 Å². The zero-order valence-corrected chi connectivity index (χ0v) is 11.4. The maximum absolute atomic E-state index is 12.2. The fourth-order valence-electron chi connectivity index (χ4n) is 2.28. The van der Waals surface area contributed by atoms with Gasteiger partial charge < -0.3 is 9.47 Å². The molecule has 0 aliphatic carbocycles. The van der Waals surface area contributed by atoms with Crippen LogP contribution in [0.2, 0.25) is 0 Å². The van der Waals surface area contributed by atoms with Crippen LogP contribution in [0.1, 0.15) is 40.0 Å². The minimum absolute atomic E-state index is 0.0314. The predicted molar refractivity (Wildman–Crippen MR) is 68.8 cm³/mol. The molecule has 0 aromatic heterocycles. The van der Waals surface area contributed by atoms with Crippen LogP contribution in [0.3, 0.4) is 0 Å². The molecule has 2 aliphatic heterocycles. The van der Waals surface area contributed by atoms with Crippen molar-refractivity contribution in [1.82, 2.24) is 4.90 Å². The Morgan fingerprint density at radius 3 is 2.83 bits per heavy atom. The molecule has 5 nitrogen and oxygen atoms in total. The van der Waals surface area contributed by atoms with Crippen molar-refractivity contribution in [3.8, 4) is 0 Å². The quantitative estimate of drug-likeness (QED) is 0.721. The first-order chi connectivity index (χ1) is 8.47. The minimum atomic E-state index is -0.461. The van der Waals surface area contributed by atoms with E-state index in [2.05, 4.69) is 4.99 Å². The Kier molecular flexibility index (Phi) is 3.78. The summed E-state index contributed by atoms with van der Waals surface area (Å²) in [6.07, 6.45) is 2.78. The zero-order chi connectivity index (χ0) is 13.2. The van der Waals surface area contributed by atoms with Gasteiger partial charge in [-0.05, 0) is 40.0 Å². The Labute approximate surface area is 108 Å². The third kappa shape index (κ3) is 3.15. The Balaban J connectivity index is 2.05. The second-order valence-electron chi connectivity index (χ2n) is 5.75. The number of nitrogens with zero attached hydrogens (tertiary/aromatic N) is 2. The van der Waals surface area contributed by atoms with Crippen molar-refractivity contribution in [2.45, 2.75) is 51.7 Å². The number of amides is 1. The highest BCUT2D eigenvalue weighted by Crippen LogP contribution is 2.22. The maximum Gasteiger partial charge on any atom is 0.410 e. The molecule has 1 amide bonds. The van der Waals surface area contributed by atoms with E-state index in [0.717, 1.165) is 25.8 Å². The molecule has 0 radical (unpaired) electrons. The van der Waals surface area contributed by atoms with E-state index in [-0.39, 0.29) is 12.1 Å². The Morgan fingerprint density at radius 2 is 2.22 bits per heavy atom. The first-order valence-electron chi connectivity index (χ1n) is 6.64. The molecule has 18 heavy (non-hydrogen) atoms. The molecule has 2 aliphatic rings. The van der Waals surface area contributed by atoms with Crippen molar-refractivity contribution < 1.29 is 14.3 Å². The topological polar surface area (TPSA) is 51.1 Å². The standard InChI is InChI=1S/C13H22N2O3/c1-13(2,3)18-12(16)15-8-5-4-6-10(15)11-14-7-9-17-11/h10H,4-9H2,1-3H3. The lowest BCUT2D eigenvalue weighted by atomic mass is 10.0. The molecule has 2 rings (SSSR count). The van der Waals surface area contributed by atoms with E-state index >= 15 is 0 Å².